The lowest BCUT2D eigenvalue weighted by atomic mass is 10.2. The molecule has 3 rings (SSSR count). The van der Waals surface area contributed by atoms with Gasteiger partial charge in [0.05, 0.1) is 5.69 Å². The Kier molecular flexibility index (Phi) is 4.08. The zero-order valence-corrected chi connectivity index (χ0v) is 12.1. The van der Waals surface area contributed by atoms with Crippen molar-refractivity contribution in [3.05, 3.63) is 46.7 Å². The first-order valence-corrected chi connectivity index (χ1v) is 7.66. The largest absolute Gasteiger partial charge is 0.375 e. The van der Waals surface area contributed by atoms with Crippen LogP contribution >= 0.6 is 11.3 Å². The molecule has 0 fully saturated rings. The van der Waals surface area contributed by atoms with Gasteiger partial charge in [-0.15, -0.1) is 11.3 Å². The molecule has 0 saturated heterocycles. The number of rotatable bonds is 3. The van der Waals surface area contributed by atoms with E-state index in [0.29, 0.717) is 5.13 Å². The van der Waals surface area contributed by atoms with Gasteiger partial charge < -0.3 is 5.73 Å². The highest BCUT2D eigenvalue weighted by Gasteiger charge is 2.16. The lowest BCUT2D eigenvalue weighted by molar-refractivity contribution is 0.318. The Balaban J connectivity index is 1.55. The fourth-order valence-corrected chi connectivity index (χ4v) is 3.29. The number of fused-ring (bicyclic) bond motifs is 1. The van der Waals surface area contributed by atoms with Gasteiger partial charge >= 0.3 is 0 Å². The second-order valence-corrected chi connectivity index (χ2v) is 6.02. The van der Waals surface area contributed by atoms with Gasteiger partial charge in [0, 0.05) is 43.3 Å². The average Bonchev–Trinajstić information content (AvgIpc) is 2.72. The minimum absolute atomic E-state index is 0.709. The molecule has 1 aliphatic heterocycles. The molecule has 2 aromatic heterocycles. The van der Waals surface area contributed by atoms with Crippen molar-refractivity contribution in [1.29, 1.82) is 0 Å². The van der Waals surface area contributed by atoms with E-state index in [0.717, 1.165) is 32.5 Å². The molecule has 0 radical (unpaired) electrons. The summed E-state index contributed by atoms with van der Waals surface area (Å²) in [4.78, 5) is 12.3. The molecule has 0 saturated carbocycles. The molecule has 1 aliphatic rings. The maximum Gasteiger partial charge on any atom is 0.180 e. The summed E-state index contributed by atoms with van der Waals surface area (Å²) in [5.74, 6) is 0. The van der Waals surface area contributed by atoms with E-state index in [9.17, 15) is 0 Å². The molecule has 0 bridgehead atoms. The van der Waals surface area contributed by atoms with Crippen molar-refractivity contribution in [1.82, 2.24) is 14.9 Å². The fourth-order valence-electron chi connectivity index (χ4n) is 2.42. The summed E-state index contributed by atoms with van der Waals surface area (Å²) in [5.41, 5.74) is 8.17. The van der Waals surface area contributed by atoms with Gasteiger partial charge in [-0.1, -0.05) is 12.2 Å². The number of nitrogens with two attached hydrogens (primary N) is 1. The molecular weight excluding hydrogens is 268 g/mol. The molecule has 20 heavy (non-hydrogen) atoms. The summed E-state index contributed by atoms with van der Waals surface area (Å²) in [6.07, 6.45) is 10.1. The standard InChI is InChI=1S/C15H18N4S/c16-15-18-13-5-10-19(11-6-14(13)20-15)9-1-2-12-3-7-17-8-4-12/h1-4,7-8H,5-6,9-11H2,(H2,16,18). The van der Waals surface area contributed by atoms with E-state index in [1.54, 1.807) is 11.3 Å². The van der Waals surface area contributed by atoms with Crippen LogP contribution in [0.25, 0.3) is 6.08 Å². The van der Waals surface area contributed by atoms with Crippen LogP contribution in [0.15, 0.2) is 30.6 Å². The molecule has 2 N–H and O–H groups in total. The van der Waals surface area contributed by atoms with Crippen LogP contribution in [0.5, 0.6) is 0 Å². The van der Waals surface area contributed by atoms with Crippen LogP contribution in [0, 0.1) is 0 Å². The van der Waals surface area contributed by atoms with Crippen LogP contribution in [0.2, 0.25) is 0 Å². The minimum Gasteiger partial charge on any atom is -0.375 e. The number of pyridine rings is 1. The number of nitrogen functional groups attached to an aromatic ring is 1. The first-order chi connectivity index (χ1) is 9.81. The molecule has 0 aromatic carbocycles. The van der Waals surface area contributed by atoms with E-state index in [4.69, 9.17) is 5.73 Å². The first-order valence-electron chi connectivity index (χ1n) is 6.84. The van der Waals surface area contributed by atoms with Crippen molar-refractivity contribution < 1.29 is 0 Å². The third kappa shape index (κ3) is 3.23. The summed E-state index contributed by atoms with van der Waals surface area (Å²) in [6.45, 7) is 3.11. The summed E-state index contributed by atoms with van der Waals surface area (Å²) >= 11 is 1.64. The Bertz CT molecular complexity index is 566. The zero-order chi connectivity index (χ0) is 13.8. The Hall–Kier alpha value is -1.72. The lowest BCUT2D eigenvalue weighted by Gasteiger charge is -2.17. The second-order valence-electron chi connectivity index (χ2n) is 4.91. The summed E-state index contributed by atoms with van der Waals surface area (Å²) in [6, 6.07) is 4.03. The molecule has 0 atom stereocenters. The number of hydrogen-bond acceptors (Lipinski definition) is 5. The van der Waals surface area contributed by atoms with Gasteiger partial charge in [0.15, 0.2) is 5.13 Å². The van der Waals surface area contributed by atoms with Gasteiger partial charge in [-0.25, -0.2) is 4.98 Å². The highest BCUT2D eigenvalue weighted by Crippen LogP contribution is 2.24. The van der Waals surface area contributed by atoms with Crippen molar-refractivity contribution in [3.63, 3.8) is 0 Å². The molecule has 5 heteroatoms. The maximum atomic E-state index is 5.77. The van der Waals surface area contributed by atoms with E-state index in [1.807, 2.05) is 24.5 Å². The van der Waals surface area contributed by atoms with Crippen molar-refractivity contribution >= 4 is 22.5 Å². The number of aromatic nitrogens is 2. The Labute approximate surface area is 123 Å². The van der Waals surface area contributed by atoms with Crippen molar-refractivity contribution in [2.24, 2.45) is 0 Å². The van der Waals surface area contributed by atoms with Crippen molar-refractivity contribution in [3.8, 4) is 0 Å². The number of hydrogen-bond donors (Lipinski definition) is 1. The third-order valence-corrected chi connectivity index (χ3v) is 4.48. The zero-order valence-electron chi connectivity index (χ0n) is 11.3. The van der Waals surface area contributed by atoms with E-state index in [1.165, 1.54) is 16.1 Å². The monoisotopic (exact) mass is 286 g/mol. The quantitative estimate of drug-likeness (QED) is 0.940. The molecule has 2 aromatic rings. The van der Waals surface area contributed by atoms with E-state index < -0.39 is 0 Å². The maximum absolute atomic E-state index is 5.77. The van der Waals surface area contributed by atoms with Crippen LogP contribution in [-0.4, -0.2) is 34.5 Å². The first kappa shape index (κ1) is 13.3. The molecular formula is C15H18N4S. The molecule has 0 spiro atoms. The third-order valence-electron chi connectivity index (χ3n) is 3.49. The topological polar surface area (TPSA) is 55.0 Å². The number of thiazole rings is 1. The van der Waals surface area contributed by atoms with Gasteiger partial charge in [-0.3, -0.25) is 9.88 Å². The average molecular weight is 286 g/mol. The van der Waals surface area contributed by atoms with Gasteiger partial charge in [0.2, 0.25) is 0 Å². The van der Waals surface area contributed by atoms with Crippen LogP contribution < -0.4 is 5.73 Å². The highest BCUT2D eigenvalue weighted by molar-refractivity contribution is 7.15. The van der Waals surface area contributed by atoms with Crippen molar-refractivity contribution in [2.75, 3.05) is 25.4 Å². The summed E-state index contributed by atoms with van der Waals surface area (Å²) in [5, 5.41) is 0.709. The second kappa shape index (κ2) is 6.15. The van der Waals surface area contributed by atoms with E-state index >= 15 is 0 Å². The van der Waals surface area contributed by atoms with Gasteiger partial charge in [0.25, 0.3) is 0 Å². The van der Waals surface area contributed by atoms with Gasteiger partial charge in [0.1, 0.15) is 0 Å². The molecule has 4 nitrogen and oxygen atoms in total. The van der Waals surface area contributed by atoms with Gasteiger partial charge in [-0.05, 0) is 24.1 Å². The summed E-state index contributed by atoms with van der Waals surface area (Å²) < 4.78 is 0. The molecule has 0 unspecified atom stereocenters. The lowest BCUT2D eigenvalue weighted by Crippen LogP contribution is -2.26. The van der Waals surface area contributed by atoms with Crippen LogP contribution in [0.1, 0.15) is 16.1 Å². The smallest absolute Gasteiger partial charge is 0.180 e. The Morgan fingerprint density at radius 1 is 1.25 bits per heavy atom. The Morgan fingerprint density at radius 3 is 2.90 bits per heavy atom. The van der Waals surface area contributed by atoms with Crippen molar-refractivity contribution in [2.45, 2.75) is 12.8 Å². The molecule has 0 aliphatic carbocycles. The normalized spacial score (nSPS) is 16.2. The van der Waals surface area contributed by atoms with Crippen LogP contribution in [-0.2, 0) is 12.8 Å². The predicted molar refractivity (Wildman–Crippen MR) is 83.6 cm³/mol. The SMILES string of the molecule is Nc1nc2c(s1)CCN(CC=Cc1ccncc1)CC2. The molecule has 0 amide bonds. The van der Waals surface area contributed by atoms with Crippen LogP contribution in [0.3, 0.4) is 0 Å². The van der Waals surface area contributed by atoms with E-state index in [2.05, 4.69) is 27.0 Å². The van der Waals surface area contributed by atoms with Crippen LogP contribution in [0.4, 0.5) is 5.13 Å². The fraction of sp³-hybridized carbons (Fsp3) is 0.333. The Morgan fingerprint density at radius 2 is 2.05 bits per heavy atom. The molecule has 104 valence electrons. The number of nitrogens with zero attached hydrogens (tertiary/aromatic N) is 3. The predicted octanol–water partition coefficient (Wildman–Crippen LogP) is 2.23. The number of anilines is 1. The summed E-state index contributed by atoms with van der Waals surface area (Å²) in [7, 11) is 0. The minimum atomic E-state index is 0.709. The van der Waals surface area contributed by atoms with Gasteiger partial charge in [-0.2, -0.15) is 0 Å². The van der Waals surface area contributed by atoms with E-state index in [-0.39, 0.29) is 0 Å². The highest BCUT2D eigenvalue weighted by atomic mass is 32.1. The molecule has 3 heterocycles.